The Morgan fingerprint density at radius 2 is 2.13 bits per heavy atom. The molecule has 1 heterocycles. The molecule has 0 aliphatic rings. The van der Waals surface area contributed by atoms with Crippen LogP contribution >= 0.6 is 11.8 Å². The van der Waals surface area contributed by atoms with E-state index in [1.165, 1.54) is 5.39 Å². The predicted octanol–water partition coefficient (Wildman–Crippen LogP) is 3.07. The monoisotopic (exact) mass is 218 g/mol. The topological polar surface area (TPSA) is 38.9 Å². The largest absolute Gasteiger partial charge is 0.383 e. The number of aromatic nitrogens is 1. The van der Waals surface area contributed by atoms with E-state index in [0.29, 0.717) is 5.82 Å². The smallest absolute Gasteiger partial charge is 0.128 e. The zero-order valence-electron chi connectivity index (χ0n) is 8.73. The standard InChI is InChI=1S/C12H14N2S/c1-2-15-8-10-7-9-5-3-4-6-11(9)14-12(10)13/h3-7H,2,8H2,1H3,(H2,13,14). The summed E-state index contributed by atoms with van der Waals surface area (Å²) in [5, 5.41) is 1.17. The van der Waals surface area contributed by atoms with Gasteiger partial charge in [-0.25, -0.2) is 4.98 Å². The Balaban J connectivity index is 2.43. The molecule has 78 valence electrons. The van der Waals surface area contributed by atoms with Crippen molar-refractivity contribution >= 4 is 28.5 Å². The Labute approximate surface area is 93.9 Å². The van der Waals surface area contributed by atoms with Gasteiger partial charge in [0.25, 0.3) is 0 Å². The first kappa shape index (κ1) is 10.3. The zero-order valence-corrected chi connectivity index (χ0v) is 9.55. The fraction of sp³-hybridized carbons (Fsp3) is 0.250. The molecule has 2 N–H and O–H groups in total. The van der Waals surface area contributed by atoms with Crippen molar-refractivity contribution in [2.75, 3.05) is 11.5 Å². The van der Waals surface area contributed by atoms with Crippen molar-refractivity contribution in [1.82, 2.24) is 4.98 Å². The zero-order chi connectivity index (χ0) is 10.7. The molecule has 1 aromatic heterocycles. The molecule has 0 aliphatic heterocycles. The highest BCUT2D eigenvalue weighted by atomic mass is 32.2. The Morgan fingerprint density at radius 3 is 2.93 bits per heavy atom. The van der Waals surface area contributed by atoms with Gasteiger partial charge in [-0.1, -0.05) is 25.1 Å². The summed E-state index contributed by atoms with van der Waals surface area (Å²) in [6.45, 7) is 2.15. The lowest BCUT2D eigenvalue weighted by atomic mass is 10.1. The average molecular weight is 218 g/mol. The third-order valence-corrected chi connectivity index (χ3v) is 3.22. The maximum atomic E-state index is 5.90. The highest BCUT2D eigenvalue weighted by Gasteiger charge is 2.02. The van der Waals surface area contributed by atoms with E-state index in [4.69, 9.17) is 5.73 Å². The maximum Gasteiger partial charge on any atom is 0.128 e. The van der Waals surface area contributed by atoms with Crippen LogP contribution in [-0.2, 0) is 5.75 Å². The van der Waals surface area contributed by atoms with Crippen LogP contribution in [0.5, 0.6) is 0 Å². The molecule has 15 heavy (non-hydrogen) atoms. The number of pyridine rings is 1. The first-order chi connectivity index (χ1) is 7.31. The summed E-state index contributed by atoms with van der Waals surface area (Å²) < 4.78 is 0. The van der Waals surface area contributed by atoms with Gasteiger partial charge in [0, 0.05) is 16.7 Å². The number of nitrogens with zero attached hydrogens (tertiary/aromatic N) is 1. The van der Waals surface area contributed by atoms with Crippen molar-refractivity contribution in [2.24, 2.45) is 0 Å². The first-order valence-electron chi connectivity index (χ1n) is 5.03. The molecule has 2 aromatic rings. The predicted molar refractivity (Wildman–Crippen MR) is 68.0 cm³/mol. The van der Waals surface area contributed by atoms with Crippen LogP contribution in [0.2, 0.25) is 0 Å². The van der Waals surface area contributed by atoms with Gasteiger partial charge in [-0.2, -0.15) is 11.8 Å². The molecule has 2 nitrogen and oxygen atoms in total. The number of nitrogen functional groups attached to an aromatic ring is 1. The van der Waals surface area contributed by atoms with Gasteiger partial charge >= 0.3 is 0 Å². The van der Waals surface area contributed by atoms with E-state index >= 15 is 0 Å². The second kappa shape index (κ2) is 4.53. The summed E-state index contributed by atoms with van der Waals surface area (Å²) in [6.07, 6.45) is 0. The Kier molecular flexibility index (Phi) is 3.11. The molecule has 0 spiro atoms. The van der Waals surface area contributed by atoms with Crippen LogP contribution in [0.1, 0.15) is 12.5 Å². The lowest BCUT2D eigenvalue weighted by molar-refractivity contribution is 1.31. The molecular weight excluding hydrogens is 204 g/mol. The van der Waals surface area contributed by atoms with Gasteiger partial charge in [-0.3, -0.25) is 0 Å². The van der Waals surface area contributed by atoms with Gasteiger partial charge in [0.1, 0.15) is 5.82 Å². The normalized spacial score (nSPS) is 10.7. The fourth-order valence-corrected chi connectivity index (χ4v) is 2.16. The van der Waals surface area contributed by atoms with E-state index < -0.39 is 0 Å². The summed E-state index contributed by atoms with van der Waals surface area (Å²) in [7, 11) is 0. The van der Waals surface area contributed by atoms with Gasteiger partial charge in [0.15, 0.2) is 0 Å². The maximum absolute atomic E-state index is 5.90. The fourth-order valence-electron chi connectivity index (χ4n) is 1.50. The number of nitrogens with two attached hydrogens (primary N) is 1. The summed E-state index contributed by atoms with van der Waals surface area (Å²) >= 11 is 1.86. The van der Waals surface area contributed by atoms with Crippen LogP contribution < -0.4 is 5.73 Å². The molecule has 0 saturated carbocycles. The molecule has 2 rings (SSSR count). The van der Waals surface area contributed by atoms with E-state index in [-0.39, 0.29) is 0 Å². The Morgan fingerprint density at radius 1 is 1.33 bits per heavy atom. The molecule has 0 saturated heterocycles. The number of benzene rings is 1. The van der Waals surface area contributed by atoms with Gasteiger partial charge < -0.3 is 5.73 Å². The molecule has 0 radical (unpaired) electrons. The second-order valence-corrected chi connectivity index (χ2v) is 4.64. The van der Waals surface area contributed by atoms with Crippen molar-refractivity contribution < 1.29 is 0 Å². The van der Waals surface area contributed by atoms with E-state index in [2.05, 4.69) is 24.0 Å². The molecule has 0 aliphatic carbocycles. The quantitative estimate of drug-likeness (QED) is 0.860. The van der Waals surface area contributed by atoms with Crippen LogP contribution in [-0.4, -0.2) is 10.7 Å². The van der Waals surface area contributed by atoms with Crippen molar-refractivity contribution in [2.45, 2.75) is 12.7 Å². The van der Waals surface area contributed by atoms with E-state index in [9.17, 15) is 0 Å². The molecule has 0 bridgehead atoms. The van der Waals surface area contributed by atoms with Crippen molar-refractivity contribution in [3.63, 3.8) is 0 Å². The van der Waals surface area contributed by atoms with Crippen LogP contribution in [0.4, 0.5) is 5.82 Å². The minimum Gasteiger partial charge on any atom is -0.383 e. The van der Waals surface area contributed by atoms with E-state index in [1.807, 2.05) is 30.0 Å². The third-order valence-electron chi connectivity index (χ3n) is 2.30. The molecule has 0 unspecified atom stereocenters. The van der Waals surface area contributed by atoms with Crippen molar-refractivity contribution in [1.29, 1.82) is 0 Å². The van der Waals surface area contributed by atoms with Gasteiger partial charge in [0.05, 0.1) is 5.52 Å². The molecule has 1 aromatic carbocycles. The minimum atomic E-state index is 0.662. The van der Waals surface area contributed by atoms with Crippen LogP contribution in [0, 0.1) is 0 Å². The van der Waals surface area contributed by atoms with Gasteiger partial charge in [-0.15, -0.1) is 0 Å². The third kappa shape index (κ3) is 2.23. The SMILES string of the molecule is CCSCc1cc2ccccc2nc1N. The van der Waals surface area contributed by atoms with Gasteiger partial charge in [0.2, 0.25) is 0 Å². The summed E-state index contributed by atoms with van der Waals surface area (Å²) in [6, 6.07) is 10.2. The molecule has 3 heteroatoms. The lowest BCUT2D eigenvalue weighted by Gasteiger charge is -2.05. The Bertz CT molecular complexity index is 468. The highest BCUT2D eigenvalue weighted by molar-refractivity contribution is 7.98. The van der Waals surface area contributed by atoms with Crippen molar-refractivity contribution in [3.8, 4) is 0 Å². The minimum absolute atomic E-state index is 0.662. The van der Waals surface area contributed by atoms with E-state index in [0.717, 1.165) is 22.6 Å². The Hall–Kier alpha value is -1.22. The van der Waals surface area contributed by atoms with Crippen molar-refractivity contribution in [3.05, 3.63) is 35.9 Å². The molecule has 0 amide bonds. The average Bonchev–Trinajstić information content (AvgIpc) is 2.26. The summed E-state index contributed by atoms with van der Waals surface area (Å²) in [5.41, 5.74) is 8.01. The van der Waals surface area contributed by atoms with Gasteiger partial charge in [-0.05, 0) is 17.9 Å². The van der Waals surface area contributed by atoms with Crippen LogP contribution in [0.15, 0.2) is 30.3 Å². The number of anilines is 1. The second-order valence-electron chi connectivity index (χ2n) is 3.36. The number of rotatable bonds is 3. The van der Waals surface area contributed by atoms with E-state index in [1.54, 1.807) is 0 Å². The summed E-state index contributed by atoms with van der Waals surface area (Å²) in [4.78, 5) is 4.39. The number of hydrogen-bond acceptors (Lipinski definition) is 3. The highest BCUT2D eigenvalue weighted by Crippen LogP contribution is 2.21. The number of fused-ring (bicyclic) bond motifs is 1. The molecule has 0 atom stereocenters. The number of hydrogen-bond donors (Lipinski definition) is 1. The number of thioether (sulfide) groups is 1. The first-order valence-corrected chi connectivity index (χ1v) is 6.18. The molecule has 0 fully saturated rings. The summed E-state index contributed by atoms with van der Waals surface area (Å²) in [5.74, 6) is 2.71. The molecular formula is C12H14N2S. The van der Waals surface area contributed by atoms with Crippen LogP contribution in [0.25, 0.3) is 10.9 Å². The number of para-hydroxylation sites is 1. The van der Waals surface area contributed by atoms with Crippen LogP contribution in [0.3, 0.4) is 0 Å². The lowest BCUT2D eigenvalue weighted by Crippen LogP contribution is -1.97.